The van der Waals surface area contributed by atoms with Crippen LogP contribution in [0.5, 0.6) is 0 Å². The van der Waals surface area contributed by atoms with E-state index in [0.29, 0.717) is 12.0 Å². The van der Waals surface area contributed by atoms with E-state index in [1.165, 1.54) is 63.7 Å². The quantitative estimate of drug-likeness (QED) is 0.745. The summed E-state index contributed by atoms with van der Waals surface area (Å²) >= 11 is 6.25. The predicted molar refractivity (Wildman–Crippen MR) is 109 cm³/mol. The van der Waals surface area contributed by atoms with Crippen molar-refractivity contribution < 1.29 is 0 Å². The second-order valence-electron chi connectivity index (χ2n) is 7.07. The van der Waals surface area contributed by atoms with Crippen molar-refractivity contribution in [1.29, 1.82) is 0 Å². The van der Waals surface area contributed by atoms with Crippen LogP contribution in [-0.2, 0) is 0 Å². The molecule has 1 N–H and O–H groups in total. The molecule has 0 radical (unpaired) electrons. The molecule has 1 aromatic rings. The summed E-state index contributed by atoms with van der Waals surface area (Å²) in [5.74, 6) is 1.51. The zero-order valence-corrected chi connectivity index (χ0v) is 16.9. The van der Waals surface area contributed by atoms with E-state index in [9.17, 15) is 0 Å². The Hall–Kier alpha value is 0.01000. The zero-order valence-electron chi connectivity index (χ0n) is 14.5. The molecule has 2 aliphatic rings. The van der Waals surface area contributed by atoms with Crippen LogP contribution in [0.25, 0.3) is 0 Å². The molecule has 0 spiro atoms. The van der Waals surface area contributed by atoms with Crippen LogP contribution in [0.3, 0.4) is 0 Å². The third-order valence-corrected chi connectivity index (χ3v) is 5.93. The minimum Gasteiger partial charge on any atom is -0.317 e. The van der Waals surface area contributed by atoms with Gasteiger partial charge in [0.25, 0.3) is 0 Å². The lowest BCUT2D eigenvalue weighted by Gasteiger charge is -2.36. The van der Waals surface area contributed by atoms with Gasteiger partial charge in [0, 0.05) is 17.6 Å². The van der Waals surface area contributed by atoms with E-state index < -0.39 is 0 Å². The predicted octanol–water partition coefficient (Wildman–Crippen LogP) is 5.14. The van der Waals surface area contributed by atoms with Gasteiger partial charge in [-0.05, 0) is 75.4 Å². The van der Waals surface area contributed by atoms with Crippen molar-refractivity contribution in [3.8, 4) is 0 Å². The molecule has 138 valence electrons. The normalized spacial score (nSPS) is 21.1. The van der Waals surface area contributed by atoms with Gasteiger partial charge in [-0.3, -0.25) is 0 Å². The van der Waals surface area contributed by atoms with E-state index in [1.807, 2.05) is 6.07 Å². The van der Waals surface area contributed by atoms with Gasteiger partial charge in [-0.25, -0.2) is 0 Å². The summed E-state index contributed by atoms with van der Waals surface area (Å²) in [6.07, 6.45) is 8.16. The number of halogens is 3. The monoisotopic (exact) mass is 392 g/mol. The Morgan fingerprint density at radius 3 is 2.38 bits per heavy atom. The molecule has 2 nitrogen and oxygen atoms in total. The molecule has 5 heteroatoms. The largest absolute Gasteiger partial charge is 0.317 e. The van der Waals surface area contributed by atoms with Crippen molar-refractivity contribution in [2.24, 2.45) is 5.92 Å². The van der Waals surface area contributed by atoms with Crippen molar-refractivity contribution in [2.45, 2.75) is 50.5 Å². The molecule has 0 amide bonds. The highest BCUT2D eigenvalue weighted by Crippen LogP contribution is 2.38. The van der Waals surface area contributed by atoms with Crippen LogP contribution in [0.15, 0.2) is 24.3 Å². The minimum absolute atomic E-state index is 0. The van der Waals surface area contributed by atoms with Crippen molar-refractivity contribution in [3.63, 3.8) is 0 Å². The Kier molecular flexibility index (Phi) is 10.00. The van der Waals surface area contributed by atoms with Crippen molar-refractivity contribution >= 4 is 36.4 Å². The number of rotatable bonds is 5. The zero-order chi connectivity index (χ0) is 15.4. The molecule has 1 aromatic carbocycles. The van der Waals surface area contributed by atoms with Crippen LogP contribution in [0.4, 0.5) is 0 Å². The molecule has 1 saturated heterocycles. The van der Waals surface area contributed by atoms with Gasteiger partial charge in [0.1, 0.15) is 0 Å². The molecule has 2 fully saturated rings. The summed E-state index contributed by atoms with van der Waals surface area (Å²) in [5, 5.41) is 4.31. The Morgan fingerprint density at radius 1 is 1.12 bits per heavy atom. The number of nitrogens with one attached hydrogen (secondary N) is 1. The van der Waals surface area contributed by atoms with Crippen LogP contribution in [0.2, 0.25) is 5.02 Å². The van der Waals surface area contributed by atoms with Gasteiger partial charge < -0.3 is 10.2 Å². The van der Waals surface area contributed by atoms with E-state index in [4.69, 9.17) is 11.6 Å². The third kappa shape index (κ3) is 5.78. The Morgan fingerprint density at radius 2 is 1.79 bits per heavy atom. The molecule has 1 aliphatic carbocycles. The number of hydrogen-bond donors (Lipinski definition) is 1. The van der Waals surface area contributed by atoms with Gasteiger partial charge in [0.05, 0.1) is 0 Å². The fraction of sp³-hybridized carbons (Fsp3) is 0.684. The van der Waals surface area contributed by atoms with E-state index in [1.54, 1.807) is 0 Å². The second kappa shape index (κ2) is 10.9. The Labute approximate surface area is 164 Å². The highest BCUT2D eigenvalue weighted by Gasteiger charge is 2.29. The van der Waals surface area contributed by atoms with E-state index in [0.717, 1.165) is 10.9 Å². The summed E-state index contributed by atoms with van der Waals surface area (Å²) < 4.78 is 0. The highest BCUT2D eigenvalue weighted by atomic mass is 35.5. The second-order valence-corrected chi connectivity index (χ2v) is 7.51. The van der Waals surface area contributed by atoms with Crippen molar-refractivity contribution in [3.05, 3.63) is 34.9 Å². The average molecular weight is 394 g/mol. The number of hydrogen-bond acceptors (Lipinski definition) is 2. The van der Waals surface area contributed by atoms with Gasteiger partial charge in [-0.1, -0.05) is 36.6 Å². The minimum atomic E-state index is 0. The molecule has 1 saturated carbocycles. The summed E-state index contributed by atoms with van der Waals surface area (Å²) in [4.78, 5) is 2.68. The van der Waals surface area contributed by atoms with Crippen LogP contribution in [0.1, 0.15) is 50.0 Å². The summed E-state index contributed by atoms with van der Waals surface area (Å²) in [6.45, 7) is 3.67. The fourth-order valence-electron chi connectivity index (χ4n) is 4.31. The molecule has 1 atom stereocenters. The number of nitrogens with zero attached hydrogens (tertiary/aromatic N) is 1. The highest BCUT2D eigenvalue weighted by molar-refractivity contribution is 6.30. The standard InChI is InChI=1S/C19H29ClN2.2ClH/c1-21-18-9-11-22(12-10-18)14-19(15-5-2-3-6-15)16-7-4-8-17(20)13-16;;/h4,7-8,13,15,18-19,21H,2-3,5-6,9-12,14H2,1H3;2*1H. The van der Waals surface area contributed by atoms with Gasteiger partial charge in [-0.15, -0.1) is 24.8 Å². The van der Waals surface area contributed by atoms with E-state index in [-0.39, 0.29) is 24.8 Å². The Bertz CT molecular complexity index is 469. The maximum atomic E-state index is 6.25. The molecular formula is C19H31Cl3N2. The van der Waals surface area contributed by atoms with E-state index >= 15 is 0 Å². The lowest BCUT2D eigenvalue weighted by molar-refractivity contribution is 0.176. The SMILES string of the molecule is CNC1CCN(CC(c2cccc(Cl)c2)C2CCCC2)CC1.Cl.Cl. The molecular weight excluding hydrogens is 363 g/mol. The van der Waals surface area contributed by atoms with Crippen molar-refractivity contribution in [2.75, 3.05) is 26.7 Å². The molecule has 1 heterocycles. The fourth-order valence-corrected chi connectivity index (χ4v) is 4.50. The van der Waals surface area contributed by atoms with Crippen molar-refractivity contribution in [1.82, 2.24) is 10.2 Å². The first-order valence-electron chi connectivity index (χ1n) is 8.91. The average Bonchev–Trinajstić information content (AvgIpc) is 3.07. The van der Waals surface area contributed by atoms with Gasteiger partial charge in [0.2, 0.25) is 0 Å². The summed E-state index contributed by atoms with van der Waals surface area (Å²) in [5.41, 5.74) is 1.45. The molecule has 0 bridgehead atoms. The molecule has 0 aromatic heterocycles. The van der Waals surface area contributed by atoms with Gasteiger partial charge >= 0.3 is 0 Å². The van der Waals surface area contributed by atoms with Crippen LogP contribution >= 0.6 is 36.4 Å². The van der Waals surface area contributed by atoms with Gasteiger partial charge in [0.15, 0.2) is 0 Å². The Balaban J connectivity index is 0.00000144. The van der Waals surface area contributed by atoms with E-state index in [2.05, 4.69) is 35.5 Å². The number of likely N-dealkylation sites (tertiary alicyclic amines) is 1. The first kappa shape index (κ1) is 22.1. The maximum Gasteiger partial charge on any atom is 0.0408 e. The van der Waals surface area contributed by atoms with Crippen LogP contribution in [-0.4, -0.2) is 37.6 Å². The number of piperidine rings is 1. The first-order chi connectivity index (χ1) is 10.8. The lowest BCUT2D eigenvalue weighted by Crippen LogP contribution is -2.43. The number of benzene rings is 1. The third-order valence-electron chi connectivity index (χ3n) is 5.70. The smallest absolute Gasteiger partial charge is 0.0408 e. The summed E-state index contributed by atoms with van der Waals surface area (Å²) in [6, 6.07) is 9.31. The van der Waals surface area contributed by atoms with Crippen LogP contribution < -0.4 is 5.32 Å². The first-order valence-corrected chi connectivity index (χ1v) is 9.29. The maximum absolute atomic E-state index is 6.25. The molecule has 3 rings (SSSR count). The molecule has 1 aliphatic heterocycles. The topological polar surface area (TPSA) is 15.3 Å². The summed E-state index contributed by atoms with van der Waals surface area (Å²) in [7, 11) is 2.09. The molecule has 24 heavy (non-hydrogen) atoms. The molecule has 1 unspecified atom stereocenters. The van der Waals surface area contributed by atoms with Crippen LogP contribution in [0, 0.1) is 5.92 Å². The lowest BCUT2D eigenvalue weighted by atomic mass is 9.84. The van der Waals surface area contributed by atoms with Gasteiger partial charge in [-0.2, -0.15) is 0 Å².